The molecule has 0 fully saturated rings. The van der Waals surface area contributed by atoms with Crippen molar-refractivity contribution in [2.45, 2.75) is 18.0 Å². The monoisotopic (exact) mass is 437 g/mol. The van der Waals surface area contributed by atoms with Gasteiger partial charge in [0.2, 0.25) is 0 Å². The molecule has 2 rings (SSSR count). The number of rotatable bonds is 6. The summed E-state index contributed by atoms with van der Waals surface area (Å²) < 4.78 is 70.5. The minimum absolute atomic E-state index is 0.319. The van der Waals surface area contributed by atoms with Crippen LogP contribution in [0.4, 0.5) is 18.9 Å². The van der Waals surface area contributed by atoms with Gasteiger partial charge in [0, 0.05) is 0 Å². The lowest BCUT2D eigenvalue weighted by atomic mass is 10.2. The maximum Gasteiger partial charge on any atom is 0.416 e. The number of carboxylic acids is 1. The molecule has 0 atom stereocenters. The average molecular weight is 438 g/mol. The predicted octanol–water partition coefficient (Wildman–Crippen LogP) is 3.96. The second kappa shape index (κ2) is 7.88. The van der Waals surface area contributed by atoms with Crippen molar-refractivity contribution in [3.8, 4) is 5.75 Å². The third-order valence-corrected chi connectivity index (χ3v) is 5.85. The van der Waals surface area contributed by atoms with Gasteiger partial charge < -0.3 is 9.84 Å². The lowest BCUT2D eigenvalue weighted by molar-refractivity contribution is -0.137. The van der Waals surface area contributed by atoms with Crippen molar-refractivity contribution in [1.29, 1.82) is 0 Å². The number of sulfonamides is 1. The third kappa shape index (κ3) is 4.50. The summed E-state index contributed by atoms with van der Waals surface area (Å²) in [5, 5.41) is 8.78. The Bertz CT molecular complexity index is 1010. The molecule has 0 bridgehead atoms. The van der Waals surface area contributed by atoms with Crippen molar-refractivity contribution in [3.05, 3.63) is 52.5 Å². The Morgan fingerprint density at radius 2 is 1.86 bits per heavy atom. The summed E-state index contributed by atoms with van der Waals surface area (Å²) in [6, 6.07) is 5.79. The van der Waals surface area contributed by atoms with Crippen molar-refractivity contribution in [2.75, 3.05) is 18.0 Å². The van der Waals surface area contributed by atoms with Gasteiger partial charge in [0.15, 0.2) is 0 Å². The Kier molecular flexibility index (Phi) is 6.15. The number of aliphatic carboxylic acids is 1. The van der Waals surface area contributed by atoms with E-state index in [2.05, 4.69) is 0 Å². The molecular weight excluding hydrogens is 423 g/mol. The molecule has 0 aliphatic carbocycles. The van der Waals surface area contributed by atoms with Gasteiger partial charge in [-0.1, -0.05) is 11.6 Å². The first-order chi connectivity index (χ1) is 12.9. The van der Waals surface area contributed by atoms with Crippen LogP contribution in [0.5, 0.6) is 5.75 Å². The number of anilines is 1. The summed E-state index contributed by atoms with van der Waals surface area (Å²) in [6.07, 6.45) is -4.77. The fraction of sp³-hybridized carbons (Fsp3) is 0.235. The lowest BCUT2D eigenvalue weighted by Crippen LogP contribution is -2.36. The van der Waals surface area contributed by atoms with Crippen LogP contribution in [0.1, 0.15) is 11.1 Å². The zero-order chi connectivity index (χ0) is 21.3. The van der Waals surface area contributed by atoms with Gasteiger partial charge in [0.1, 0.15) is 12.3 Å². The van der Waals surface area contributed by atoms with E-state index in [0.717, 1.165) is 12.1 Å². The number of hydrogen-bond donors (Lipinski definition) is 1. The van der Waals surface area contributed by atoms with Crippen LogP contribution in [-0.4, -0.2) is 33.1 Å². The van der Waals surface area contributed by atoms with Crippen LogP contribution >= 0.6 is 11.6 Å². The van der Waals surface area contributed by atoms with E-state index in [-0.39, 0.29) is 9.92 Å². The molecule has 11 heteroatoms. The van der Waals surface area contributed by atoms with Crippen LogP contribution in [0.25, 0.3) is 0 Å². The Balaban J connectivity index is 2.67. The molecule has 0 aromatic heterocycles. The molecule has 0 radical (unpaired) electrons. The Hall–Kier alpha value is -2.46. The number of hydrogen-bond acceptors (Lipinski definition) is 4. The number of carboxylic acid groups (broad SMARTS) is 1. The van der Waals surface area contributed by atoms with Crippen molar-refractivity contribution in [3.63, 3.8) is 0 Å². The molecule has 0 saturated heterocycles. The van der Waals surface area contributed by atoms with Crippen molar-refractivity contribution in [2.24, 2.45) is 0 Å². The molecule has 0 unspecified atom stereocenters. The smallest absolute Gasteiger partial charge is 0.416 e. The molecule has 1 N–H and O–H groups in total. The van der Waals surface area contributed by atoms with Gasteiger partial charge in [-0.25, -0.2) is 8.42 Å². The number of nitrogens with zero attached hydrogens (tertiary/aromatic N) is 1. The van der Waals surface area contributed by atoms with E-state index in [1.807, 2.05) is 0 Å². The Morgan fingerprint density at radius 3 is 2.36 bits per heavy atom. The molecule has 0 spiro atoms. The van der Waals surface area contributed by atoms with Gasteiger partial charge in [0.25, 0.3) is 10.0 Å². The Morgan fingerprint density at radius 1 is 1.21 bits per heavy atom. The van der Waals surface area contributed by atoms with E-state index in [9.17, 15) is 26.4 Å². The van der Waals surface area contributed by atoms with Crippen LogP contribution in [0.15, 0.2) is 41.3 Å². The maximum atomic E-state index is 13.0. The zero-order valence-corrected chi connectivity index (χ0v) is 16.2. The van der Waals surface area contributed by atoms with E-state index in [4.69, 9.17) is 21.4 Å². The normalized spacial score (nSPS) is 11.9. The Labute approximate surface area is 164 Å². The number of halogens is 4. The summed E-state index contributed by atoms with van der Waals surface area (Å²) in [6.45, 7) is 0.449. The first-order valence-electron chi connectivity index (χ1n) is 7.64. The van der Waals surface area contributed by atoms with Crippen LogP contribution < -0.4 is 9.04 Å². The highest BCUT2D eigenvalue weighted by Gasteiger charge is 2.34. The van der Waals surface area contributed by atoms with E-state index >= 15 is 0 Å². The highest BCUT2D eigenvalue weighted by molar-refractivity contribution is 7.92. The summed E-state index contributed by atoms with van der Waals surface area (Å²) >= 11 is 5.91. The molecule has 0 aliphatic rings. The quantitative estimate of drug-likeness (QED) is 0.739. The molecule has 6 nitrogen and oxygen atoms in total. The summed E-state index contributed by atoms with van der Waals surface area (Å²) in [5.74, 6) is -1.18. The van der Waals surface area contributed by atoms with Crippen molar-refractivity contribution < 1.29 is 36.2 Å². The largest absolute Gasteiger partial charge is 0.496 e. The summed E-state index contributed by atoms with van der Waals surface area (Å²) in [5.41, 5.74) is -1.32. The maximum absolute atomic E-state index is 13.0. The molecule has 0 aliphatic heterocycles. The first kappa shape index (κ1) is 21.8. The second-order valence-electron chi connectivity index (χ2n) is 5.70. The first-order valence-corrected chi connectivity index (χ1v) is 9.45. The molecule has 28 heavy (non-hydrogen) atoms. The molecule has 0 saturated carbocycles. The average Bonchev–Trinajstić information content (AvgIpc) is 2.59. The molecule has 0 heterocycles. The SMILES string of the molecule is COc1ccc(S(=O)(=O)N(CC(=O)O)c2cc(C(F)(F)F)ccc2Cl)cc1C. The molecule has 2 aromatic carbocycles. The molecule has 0 amide bonds. The van der Waals surface area contributed by atoms with E-state index in [0.29, 0.717) is 27.8 Å². The highest BCUT2D eigenvalue weighted by Crippen LogP contribution is 2.37. The topological polar surface area (TPSA) is 83.9 Å². The van der Waals surface area contributed by atoms with Crippen molar-refractivity contribution >= 4 is 33.3 Å². The number of aryl methyl sites for hydroxylation is 1. The minimum atomic E-state index is -4.77. The van der Waals surface area contributed by atoms with E-state index in [1.165, 1.54) is 19.2 Å². The van der Waals surface area contributed by atoms with E-state index in [1.54, 1.807) is 6.92 Å². The summed E-state index contributed by atoms with van der Waals surface area (Å²) in [7, 11) is -3.15. The number of methoxy groups -OCH3 is 1. The lowest BCUT2D eigenvalue weighted by Gasteiger charge is -2.25. The van der Waals surface area contributed by atoms with Gasteiger partial charge >= 0.3 is 12.1 Å². The minimum Gasteiger partial charge on any atom is -0.496 e. The number of ether oxygens (including phenoxy) is 1. The van der Waals surface area contributed by atoms with Crippen molar-refractivity contribution in [1.82, 2.24) is 0 Å². The van der Waals surface area contributed by atoms with Crippen LogP contribution in [0.3, 0.4) is 0 Å². The second-order valence-corrected chi connectivity index (χ2v) is 7.97. The third-order valence-electron chi connectivity index (χ3n) is 3.78. The molecular formula is C17H15ClF3NO5S. The highest BCUT2D eigenvalue weighted by atomic mass is 35.5. The van der Waals surface area contributed by atoms with Crippen LogP contribution in [0, 0.1) is 6.92 Å². The number of carbonyl (C=O) groups is 1. The van der Waals surface area contributed by atoms with Gasteiger partial charge in [-0.15, -0.1) is 0 Å². The molecule has 152 valence electrons. The van der Waals surface area contributed by atoms with E-state index < -0.39 is 40.0 Å². The standard InChI is InChI=1S/C17H15ClF3NO5S/c1-10-7-12(4-6-15(10)27-2)28(25,26)22(9-16(23)24)14-8-11(17(19,20)21)3-5-13(14)18/h3-8H,9H2,1-2H3,(H,23,24). The predicted molar refractivity (Wildman–Crippen MR) is 96.4 cm³/mol. The number of alkyl halides is 3. The van der Waals surface area contributed by atoms with Gasteiger partial charge in [0.05, 0.1) is 28.3 Å². The van der Waals surface area contributed by atoms with Crippen LogP contribution in [-0.2, 0) is 21.0 Å². The van der Waals surface area contributed by atoms with Gasteiger partial charge in [-0.2, -0.15) is 13.2 Å². The zero-order valence-electron chi connectivity index (χ0n) is 14.6. The fourth-order valence-corrected chi connectivity index (χ4v) is 4.22. The fourth-order valence-electron chi connectivity index (χ4n) is 2.44. The number of benzene rings is 2. The molecule has 2 aromatic rings. The van der Waals surface area contributed by atoms with Gasteiger partial charge in [-0.3, -0.25) is 9.10 Å². The van der Waals surface area contributed by atoms with Gasteiger partial charge in [-0.05, 0) is 48.9 Å². The summed E-state index contributed by atoms with van der Waals surface area (Å²) in [4.78, 5) is 10.9. The van der Waals surface area contributed by atoms with Crippen LogP contribution in [0.2, 0.25) is 5.02 Å².